The van der Waals surface area contributed by atoms with Gasteiger partial charge in [0.25, 0.3) is 0 Å². The Balaban J connectivity index is 1.70. The summed E-state index contributed by atoms with van der Waals surface area (Å²) < 4.78 is 0. The molecule has 3 rings (SSSR count). The molecule has 0 radical (unpaired) electrons. The molecule has 1 saturated heterocycles. The lowest BCUT2D eigenvalue weighted by molar-refractivity contribution is 0.164. The molecule has 0 spiro atoms. The quantitative estimate of drug-likeness (QED) is 0.936. The molecule has 0 amide bonds. The molecule has 5 heteroatoms. The first-order valence-corrected chi connectivity index (χ1v) is 8.02. The fraction of sp³-hybridized carbons (Fsp3) is 0.462. The van der Waals surface area contributed by atoms with E-state index in [4.69, 9.17) is 4.98 Å². The molecule has 1 aliphatic heterocycles. The van der Waals surface area contributed by atoms with Crippen LogP contribution in [0.4, 0.5) is 0 Å². The van der Waals surface area contributed by atoms with Crippen LogP contribution in [0, 0.1) is 0 Å². The van der Waals surface area contributed by atoms with E-state index in [-0.39, 0.29) is 0 Å². The molecule has 1 atom stereocenters. The maximum atomic E-state index is 4.75. The van der Waals surface area contributed by atoms with Crippen LogP contribution in [-0.2, 0) is 6.54 Å². The Hall–Kier alpha value is -0.750. The molecule has 3 heterocycles. The van der Waals surface area contributed by atoms with E-state index >= 15 is 0 Å². The first-order chi connectivity index (χ1) is 8.83. The molecule has 2 aromatic heterocycles. The van der Waals surface area contributed by atoms with E-state index in [1.165, 1.54) is 10.6 Å². The van der Waals surface area contributed by atoms with Crippen LogP contribution in [0.15, 0.2) is 22.9 Å². The van der Waals surface area contributed by atoms with E-state index < -0.39 is 0 Å². The molecule has 1 aliphatic rings. The summed E-state index contributed by atoms with van der Waals surface area (Å²) >= 11 is 3.51. The molecule has 1 N–H and O–H groups in total. The summed E-state index contributed by atoms with van der Waals surface area (Å²) in [5, 5.41) is 8.88. The summed E-state index contributed by atoms with van der Waals surface area (Å²) in [6, 6.07) is 4.82. The molecule has 2 aromatic rings. The number of aromatic nitrogens is 1. The maximum absolute atomic E-state index is 4.75. The Labute approximate surface area is 115 Å². The van der Waals surface area contributed by atoms with Crippen LogP contribution in [-0.4, -0.2) is 35.6 Å². The summed E-state index contributed by atoms with van der Waals surface area (Å²) in [5.74, 6) is 0. The van der Waals surface area contributed by atoms with Crippen molar-refractivity contribution in [1.29, 1.82) is 0 Å². The summed E-state index contributed by atoms with van der Waals surface area (Å²) in [6.45, 7) is 6.55. The van der Waals surface area contributed by atoms with Gasteiger partial charge < -0.3 is 5.32 Å². The molecule has 0 bridgehead atoms. The topological polar surface area (TPSA) is 28.2 Å². The molecule has 0 unspecified atom stereocenters. The van der Waals surface area contributed by atoms with Crippen molar-refractivity contribution < 1.29 is 0 Å². The average molecular weight is 279 g/mol. The molecule has 0 saturated carbocycles. The number of piperazine rings is 1. The van der Waals surface area contributed by atoms with Crippen LogP contribution in [0.5, 0.6) is 0 Å². The van der Waals surface area contributed by atoms with Gasteiger partial charge in [-0.3, -0.25) is 4.90 Å². The van der Waals surface area contributed by atoms with E-state index in [0.717, 1.165) is 31.2 Å². The van der Waals surface area contributed by atoms with E-state index in [1.54, 1.807) is 22.7 Å². The Morgan fingerprint density at radius 3 is 3.22 bits per heavy atom. The van der Waals surface area contributed by atoms with E-state index in [9.17, 15) is 0 Å². The molecular weight excluding hydrogens is 262 g/mol. The second-order valence-electron chi connectivity index (χ2n) is 4.64. The van der Waals surface area contributed by atoms with Crippen molar-refractivity contribution in [3.05, 3.63) is 28.6 Å². The molecule has 1 fully saturated rings. The normalized spacial score (nSPS) is 21.3. The Bertz CT molecular complexity index is 492. The smallest absolute Gasteiger partial charge is 0.133 e. The van der Waals surface area contributed by atoms with Gasteiger partial charge in [-0.2, -0.15) is 0 Å². The summed E-state index contributed by atoms with van der Waals surface area (Å²) in [6.07, 6.45) is 0. The maximum Gasteiger partial charge on any atom is 0.133 e. The summed E-state index contributed by atoms with van der Waals surface area (Å²) in [7, 11) is 0. The van der Waals surface area contributed by atoms with Crippen molar-refractivity contribution in [3.8, 4) is 9.88 Å². The number of thiophene rings is 1. The molecule has 96 valence electrons. The van der Waals surface area contributed by atoms with Gasteiger partial charge in [0, 0.05) is 37.6 Å². The molecule has 0 aliphatic carbocycles. The Morgan fingerprint density at radius 2 is 2.44 bits per heavy atom. The van der Waals surface area contributed by atoms with Gasteiger partial charge in [0.15, 0.2) is 0 Å². The fourth-order valence-electron chi connectivity index (χ4n) is 2.22. The fourth-order valence-corrected chi connectivity index (χ4v) is 3.84. The summed E-state index contributed by atoms with van der Waals surface area (Å²) in [4.78, 5) is 8.53. The monoisotopic (exact) mass is 279 g/mol. The van der Waals surface area contributed by atoms with Crippen LogP contribution in [0.25, 0.3) is 9.88 Å². The number of rotatable bonds is 3. The zero-order chi connectivity index (χ0) is 12.4. The molecule has 0 aromatic carbocycles. The van der Waals surface area contributed by atoms with Gasteiger partial charge in [-0.15, -0.1) is 22.7 Å². The Kier molecular flexibility index (Phi) is 3.75. The first-order valence-electron chi connectivity index (χ1n) is 6.26. The van der Waals surface area contributed by atoms with Crippen LogP contribution in [0.2, 0.25) is 0 Å². The Morgan fingerprint density at radius 1 is 1.50 bits per heavy atom. The second kappa shape index (κ2) is 5.48. The SMILES string of the molecule is C[C@@H]1CNCCN1Cc1csc(-c2cccs2)n1. The van der Waals surface area contributed by atoms with Gasteiger partial charge in [-0.1, -0.05) is 6.07 Å². The lowest BCUT2D eigenvalue weighted by atomic mass is 10.2. The lowest BCUT2D eigenvalue weighted by Crippen LogP contribution is -2.49. The third kappa shape index (κ3) is 2.64. The average Bonchev–Trinajstić information content (AvgIpc) is 3.02. The second-order valence-corrected chi connectivity index (χ2v) is 6.45. The predicted molar refractivity (Wildman–Crippen MR) is 78.2 cm³/mol. The zero-order valence-corrected chi connectivity index (χ0v) is 12.1. The van der Waals surface area contributed by atoms with Crippen LogP contribution < -0.4 is 5.32 Å². The minimum absolute atomic E-state index is 0.602. The number of hydrogen-bond donors (Lipinski definition) is 1. The highest BCUT2D eigenvalue weighted by molar-refractivity contribution is 7.20. The summed E-state index contributed by atoms with van der Waals surface area (Å²) in [5.41, 5.74) is 1.21. The van der Waals surface area contributed by atoms with Gasteiger partial charge in [0.05, 0.1) is 10.6 Å². The highest BCUT2D eigenvalue weighted by atomic mass is 32.1. The number of thiazole rings is 1. The molecular formula is C13H17N3S2. The highest BCUT2D eigenvalue weighted by Crippen LogP contribution is 2.28. The largest absolute Gasteiger partial charge is 0.314 e. The van der Waals surface area contributed by atoms with E-state index in [2.05, 4.69) is 40.0 Å². The van der Waals surface area contributed by atoms with Crippen molar-refractivity contribution in [2.24, 2.45) is 0 Å². The van der Waals surface area contributed by atoms with Gasteiger partial charge in [-0.25, -0.2) is 4.98 Å². The minimum Gasteiger partial charge on any atom is -0.314 e. The molecule has 18 heavy (non-hydrogen) atoms. The number of hydrogen-bond acceptors (Lipinski definition) is 5. The predicted octanol–water partition coefficient (Wildman–Crippen LogP) is 2.67. The van der Waals surface area contributed by atoms with Gasteiger partial charge in [0.1, 0.15) is 5.01 Å². The number of nitrogens with one attached hydrogen (secondary N) is 1. The zero-order valence-electron chi connectivity index (χ0n) is 10.4. The highest BCUT2D eigenvalue weighted by Gasteiger charge is 2.19. The molecule has 3 nitrogen and oxygen atoms in total. The van der Waals surface area contributed by atoms with Crippen molar-refractivity contribution in [1.82, 2.24) is 15.2 Å². The number of nitrogens with zero attached hydrogens (tertiary/aromatic N) is 2. The third-order valence-electron chi connectivity index (χ3n) is 3.29. The van der Waals surface area contributed by atoms with Crippen molar-refractivity contribution in [2.75, 3.05) is 19.6 Å². The van der Waals surface area contributed by atoms with Gasteiger partial charge in [0.2, 0.25) is 0 Å². The minimum atomic E-state index is 0.602. The van der Waals surface area contributed by atoms with Crippen molar-refractivity contribution in [2.45, 2.75) is 19.5 Å². The van der Waals surface area contributed by atoms with Crippen molar-refractivity contribution in [3.63, 3.8) is 0 Å². The first kappa shape index (κ1) is 12.3. The van der Waals surface area contributed by atoms with E-state index in [1.807, 2.05) is 0 Å². The van der Waals surface area contributed by atoms with E-state index in [0.29, 0.717) is 6.04 Å². The van der Waals surface area contributed by atoms with Crippen LogP contribution >= 0.6 is 22.7 Å². The standard InChI is InChI=1S/C13H17N3S2/c1-10-7-14-4-5-16(10)8-11-9-18-13(15-11)12-3-2-6-17-12/h2-3,6,9-10,14H,4-5,7-8H2,1H3/t10-/m1/s1. The van der Waals surface area contributed by atoms with Gasteiger partial charge >= 0.3 is 0 Å². The lowest BCUT2D eigenvalue weighted by Gasteiger charge is -2.33. The third-order valence-corrected chi connectivity index (χ3v) is 5.22. The van der Waals surface area contributed by atoms with Gasteiger partial charge in [-0.05, 0) is 18.4 Å². The van der Waals surface area contributed by atoms with Crippen LogP contribution in [0.1, 0.15) is 12.6 Å². The van der Waals surface area contributed by atoms with Crippen molar-refractivity contribution >= 4 is 22.7 Å². The van der Waals surface area contributed by atoms with Crippen LogP contribution in [0.3, 0.4) is 0 Å².